The number of Topliss-reactive ketones (excluding diaryl/α,β-unsaturated/α-hetero) is 1. The van der Waals surface area contributed by atoms with E-state index in [4.69, 9.17) is 0 Å². The fraction of sp³-hybridized carbons (Fsp3) is 0.231. The van der Waals surface area contributed by atoms with Crippen molar-refractivity contribution in [2.45, 2.75) is 19.9 Å². The van der Waals surface area contributed by atoms with Crippen molar-refractivity contribution in [3.63, 3.8) is 0 Å². The molecule has 0 fully saturated rings. The summed E-state index contributed by atoms with van der Waals surface area (Å²) in [5, 5.41) is 0. The van der Waals surface area contributed by atoms with E-state index >= 15 is 0 Å². The molecular weight excluding hydrogens is 200 g/mol. The van der Waals surface area contributed by atoms with Crippen LogP contribution in [0.15, 0.2) is 42.9 Å². The maximum absolute atomic E-state index is 11.1. The Bertz CT molecular complexity index is 488. The van der Waals surface area contributed by atoms with E-state index in [-0.39, 0.29) is 11.8 Å². The molecule has 0 spiro atoms. The predicted molar refractivity (Wildman–Crippen MR) is 62.5 cm³/mol. The van der Waals surface area contributed by atoms with Crippen LogP contribution in [-0.4, -0.2) is 15.3 Å². The van der Waals surface area contributed by atoms with Crippen molar-refractivity contribution in [3.8, 4) is 0 Å². The van der Waals surface area contributed by atoms with Gasteiger partial charge >= 0.3 is 0 Å². The van der Waals surface area contributed by atoms with Crippen LogP contribution in [0.3, 0.4) is 0 Å². The minimum absolute atomic E-state index is 0.000915. The number of hydrogen-bond donors (Lipinski definition) is 0. The van der Waals surface area contributed by atoms with E-state index in [1.807, 2.05) is 22.8 Å². The van der Waals surface area contributed by atoms with E-state index < -0.39 is 0 Å². The normalized spacial score (nSPS) is 12.4. The van der Waals surface area contributed by atoms with Gasteiger partial charge in [0.25, 0.3) is 0 Å². The molecule has 1 atom stereocenters. The molecule has 3 nitrogen and oxygen atoms in total. The van der Waals surface area contributed by atoms with Gasteiger partial charge in [-0.1, -0.05) is 30.3 Å². The van der Waals surface area contributed by atoms with Crippen molar-refractivity contribution in [2.75, 3.05) is 0 Å². The van der Waals surface area contributed by atoms with Crippen LogP contribution in [0.25, 0.3) is 0 Å². The third kappa shape index (κ3) is 2.03. The molecule has 82 valence electrons. The van der Waals surface area contributed by atoms with E-state index in [2.05, 4.69) is 24.0 Å². The van der Waals surface area contributed by atoms with Crippen LogP contribution in [0.1, 0.15) is 35.9 Å². The largest absolute Gasteiger partial charge is 0.330 e. The number of imidazole rings is 1. The zero-order valence-corrected chi connectivity index (χ0v) is 9.42. The Morgan fingerprint density at radius 2 is 2.00 bits per heavy atom. The fourth-order valence-electron chi connectivity index (χ4n) is 1.63. The molecule has 1 unspecified atom stereocenters. The zero-order chi connectivity index (χ0) is 11.5. The summed E-state index contributed by atoms with van der Waals surface area (Å²) in [5.41, 5.74) is 1.72. The van der Waals surface area contributed by atoms with Gasteiger partial charge < -0.3 is 4.57 Å². The van der Waals surface area contributed by atoms with Crippen LogP contribution in [-0.2, 0) is 0 Å². The summed E-state index contributed by atoms with van der Waals surface area (Å²) in [6.07, 6.45) is 3.49. The lowest BCUT2D eigenvalue weighted by Crippen LogP contribution is -2.04. The maximum atomic E-state index is 11.1. The van der Waals surface area contributed by atoms with Crippen LogP contribution in [0.5, 0.6) is 0 Å². The first-order chi connectivity index (χ1) is 7.68. The lowest BCUT2D eigenvalue weighted by Gasteiger charge is -2.12. The molecule has 0 saturated carbocycles. The Labute approximate surface area is 94.7 Å². The Morgan fingerprint density at radius 3 is 2.56 bits per heavy atom. The standard InChI is InChI=1S/C13H14N2O/c1-10(12-6-4-3-5-7-12)15-8-13(11(2)16)14-9-15/h3-10H,1-2H3. The zero-order valence-electron chi connectivity index (χ0n) is 9.42. The van der Waals surface area contributed by atoms with Gasteiger partial charge in [-0.2, -0.15) is 0 Å². The molecule has 0 radical (unpaired) electrons. The predicted octanol–water partition coefficient (Wildman–Crippen LogP) is 2.70. The van der Waals surface area contributed by atoms with E-state index in [9.17, 15) is 4.79 Å². The van der Waals surface area contributed by atoms with Crippen molar-refractivity contribution in [2.24, 2.45) is 0 Å². The SMILES string of the molecule is CC(=O)c1cn(C(C)c2ccccc2)cn1. The van der Waals surface area contributed by atoms with Gasteiger partial charge in [-0.15, -0.1) is 0 Å². The Morgan fingerprint density at radius 1 is 1.31 bits per heavy atom. The third-order valence-electron chi connectivity index (χ3n) is 2.69. The highest BCUT2D eigenvalue weighted by Crippen LogP contribution is 2.17. The van der Waals surface area contributed by atoms with Gasteiger partial charge in [-0.25, -0.2) is 4.98 Å². The summed E-state index contributed by atoms with van der Waals surface area (Å²) in [6.45, 7) is 3.61. The summed E-state index contributed by atoms with van der Waals surface area (Å²) in [4.78, 5) is 15.2. The second-order valence-corrected chi connectivity index (χ2v) is 3.85. The minimum Gasteiger partial charge on any atom is -0.330 e. The molecule has 0 N–H and O–H groups in total. The van der Waals surface area contributed by atoms with Crippen molar-refractivity contribution in [1.29, 1.82) is 0 Å². The smallest absolute Gasteiger partial charge is 0.179 e. The molecule has 0 bridgehead atoms. The first kappa shape index (κ1) is 10.6. The number of rotatable bonds is 3. The molecule has 0 aliphatic rings. The summed E-state index contributed by atoms with van der Waals surface area (Å²) >= 11 is 0. The summed E-state index contributed by atoms with van der Waals surface area (Å²) in [6, 6.07) is 10.3. The molecule has 1 heterocycles. The van der Waals surface area contributed by atoms with E-state index in [1.54, 1.807) is 12.5 Å². The summed E-state index contributed by atoms with van der Waals surface area (Å²) in [5.74, 6) is -0.000915. The van der Waals surface area contributed by atoms with Gasteiger partial charge in [-0.05, 0) is 12.5 Å². The van der Waals surface area contributed by atoms with E-state index in [1.165, 1.54) is 12.5 Å². The number of carbonyl (C=O) groups excluding carboxylic acids is 1. The van der Waals surface area contributed by atoms with Gasteiger partial charge in [0.05, 0.1) is 12.4 Å². The molecule has 0 aliphatic heterocycles. The first-order valence-corrected chi connectivity index (χ1v) is 5.28. The second-order valence-electron chi connectivity index (χ2n) is 3.85. The van der Waals surface area contributed by atoms with Crippen molar-refractivity contribution < 1.29 is 4.79 Å². The molecule has 2 rings (SSSR count). The number of benzene rings is 1. The molecular formula is C13H14N2O. The maximum Gasteiger partial charge on any atom is 0.179 e. The fourth-order valence-corrected chi connectivity index (χ4v) is 1.63. The van der Waals surface area contributed by atoms with Crippen LogP contribution in [0, 0.1) is 0 Å². The summed E-state index contributed by atoms with van der Waals surface area (Å²) < 4.78 is 1.95. The lowest BCUT2D eigenvalue weighted by atomic mass is 10.1. The Hall–Kier alpha value is -1.90. The highest BCUT2D eigenvalue weighted by atomic mass is 16.1. The molecule has 2 aromatic rings. The number of ketones is 1. The monoisotopic (exact) mass is 214 g/mol. The average Bonchev–Trinajstić information content (AvgIpc) is 2.78. The molecule has 0 saturated heterocycles. The Balaban J connectivity index is 2.27. The highest BCUT2D eigenvalue weighted by Gasteiger charge is 2.09. The molecule has 0 aliphatic carbocycles. The third-order valence-corrected chi connectivity index (χ3v) is 2.69. The average molecular weight is 214 g/mol. The van der Waals surface area contributed by atoms with Crippen LogP contribution >= 0.6 is 0 Å². The van der Waals surface area contributed by atoms with Gasteiger partial charge in [0.1, 0.15) is 5.69 Å². The van der Waals surface area contributed by atoms with Crippen molar-refractivity contribution in [1.82, 2.24) is 9.55 Å². The molecule has 0 amide bonds. The lowest BCUT2D eigenvalue weighted by molar-refractivity contribution is 0.101. The topological polar surface area (TPSA) is 34.9 Å². The molecule has 1 aromatic carbocycles. The molecule has 16 heavy (non-hydrogen) atoms. The van der Waals surface area contributed by atoms with Crippen LogP contribution in [0.2, 0.25) is 0 Å². The van der Waals surface area contributed by atoms with E-state index in [0.717, 1.165) is 0 Å². The van der Waals surface area contributed by atoms with E-state index in [0.29, 0.717) is 5.69 Å². The molecule has 3 heteroatoms. The van der Waals surface area contributed by atoms with Crippen LogP contribution in [0.4, 0.5) is 0 Å². The summed E-state index contributed by atoms with van der Waals surface area (Å²) in [7, 11) is 0. The van der Waals surface area contributed by atoms with Crippen molar-refractivity contribution >= 4 is 5.78 Å². The molecule has 1 aromatic heterocycles. The number of aromatic nitrogens is 2. The second kappa shape index (κ2) is 4.31. The number of hydrogen-bond acceptors (Lipinski definition) is 2. The van der Waals surface area contributed by atoms with Crippen LogP contribution < -0.4 is 0 Å². The number of nitrogens with zero attached hydrogens (tertiary/aromatic N) is 2. The highest BCUT2D eigenvalue weighted by molar-refractivity contribution is 5.91. The van der Waals surface area contributed by atoms with Gasteiger partial charge in [0.2, 0.25) is 0 Å². The van der Waals surface area contributed by atoms with Gasteiger partial charge in [0, 0.05) is 13.1 Å². The Kier molecular flexibility index (Phi) is 2.86. The van der Waals surface area contributed by atoms with Gasteiger partial charge in [-0.3, -0.25) is 4.79 Å². The number of carbonyl (C=O) groups is 1. The minimum atomic E-state index is -0.000915. The van der Waals surface area contributed by atoms with Gasteiger partial charge in [0.15, 0.2) is 5.78 Å². The quantitative estimate of drug-likeness (QED) is 0.736. The van der Waals surface area contributed by atoms with Crippen molar-refractivity contribution in [3.05, 3.63) is 54.1 Å². The first-order valence-electron chi connectivity index (χ1n) is 5.28.